The number of amides is 1. The van der Waals surface area contributed by atoms with Gasteiger partial charge in [-0.25, -0.2) is 0 Å². The molecule has 0 bridgehead atoms. The molecule has 0 aliphatic carbocycles. The summed E-state index contributed by atoms with van der Waals surface area (Å²) in [5, 5.41) is 8.02. The number of aromatic nitrogens is 2. The quantitative estimate of drug-likeness (QED) is 0.778. The van der Waals surface area contributed by atoms with Gasteiger partial charge in [0.25, 0.3) is 5.91 Å². The maximum Gasteiger partial charge on any atom is 0.287 e. The first-order chi connectivity index (χ1) is 11.8. The van der Waals surface area contributed by atoms with Crippen molar-refractivity contribution in [1.82, 2.24) is 20.0 Å². The predicted molar refractivity (Wildman–Crippen MR) is 99.2 cm³/mol. The van der Waals surface area contributed by atoms with Gasteiger partial charge in [-0.3, -0.25) is 9.48 Å². The van der Waals surface area contributed by atoms with E-state index in [1.54, 1.807) is 16.8 Å². The van der Waals surface area contributed by atoms with Crippen molar-refractivity contribution >= 4 is 17.5 Å². The number of hydrogen-bond acceptors (Lipinski definition) is 4. The van der Waals surface area contributed by atoms with Crippen molar-refractivity contribution in [2.24, 2.45) is 0 Å². The molecule has 2 rings (SSSR count). The lowest BCUT2D eigenvalue weighted by molar-refractivity contribution is 0.0900. The number of halogens is 1. The number of likely N-dealkylation sites (N-methyl/N-ethyl adjacent to an activating group) is 1. The first-order valence-electron chi connectivity index (χ1n) is 8.67. The Bertz CT molecular complexity index is 719. The van der Waals surface area contributed by atoms with E-state index in [9.17, 15) is 4.79 Å². The molecule has 0 aliphatic heterocycles. The van der Waals surface area contributed by atoms with Gasteiger partial charge in [0.05, 0.1) is 23.0 Å². The number of nitrogens with zero attached hydrogens (tertiary/aromatic N) is 3. The Hall–Kier alpha value is -1.79. The molecule has 25 heavy (non-hydrogen) atoms. The van der Waals surface area contributed by atoms with E-state index in [0.717, 1.165) is 31.0 Å². The van der Waals surface area contributed by atoms with Crippen LogP contribution in [0.4, 0.5) is 0 Å². The monoisotopic (exact) mass is 366 g/mol. The Labute approximate surface area is 154 Å². The third-order valence-corrected chi connectivity index (χ3v) is 4.84. The molecule has 7 heteroatoms. The van der Waals surface area contributed by atoms with Gasteiger partial charge in [-0.1, -0.05) is 25.4 Å². The lowest BCUT2D eigenvalue weighted by Gasteiger charge is -2.23. The largest absolute Gasteiger partial charge is 0.454 e. The lowest BCUT2D eigenvalue weighted by atomic mass is 10.3. The van der Waals surface area contributed by atoms with Gasteiger partial charge in [-0.05, 0) is 46.0 Å². The molecule has 0 saturated carbocycles. The summed E-state index contributed by atoms with van der Waals surface area (Å²) in [7, 11) is 0. The van der Waals surface area contributed by atoms with Crippen LogP contribution in [0.1, 0.15) is 48.5 Å². The van der Waals surface area contributed by atoms with Crippen LogP contribution in [0, 0.1) is 13.8 Å². The third-order valence-electron chi connectivity index (χ3n) is 4.29. The second-order valence-electron chi connectivity index (χ2n) is 6.27. The SMILES string of the molecule is CCN(CC)C[C@H](C)NC(=O)c1ccc(Cn2nc(C)c(Cl)c2C)o1. The van der Waals surface area contributed by atoms with Crippen LogP contribution in [0.25, 0.3) is 0 Å². The maximum absolute atomic E-state index is 12.3. The van der Waals surface area contributed by atoms with Crippen molar-refractivity contribution in [2.75, 3.05) is 19.6 Å². The fraction of sp³-hybridized carbons (Fsp3) is 0.556. The molecule has 0 saturated heterocycles. The second-order valence-corrected chi connectivity index (χ2v) is 6.65. The molecule has 2 heterocycles. The topological polar surface area (TPSA) is 63.3 Å². The minimum atomic E-state index is -0.197. The van der Waals surface area contributed by atoms with Gasteiger partial charge in [0.1, 0.15) is 5.76 Å². The van der Waals surface area contributed by atoms with E-state index in [-0.39, 0.29) is 11.9 Å². The van der Waals surface area contributed by atoms with Gasteiger partial charge in [-0.15, -0.1) is 0 Å². The molecule has 1 N–H and O–H groups in total. The Morgan fingerprint density at radius 2 is 2.04 bits per heavy atom. The van der Waals surface area contributed by atoms with Crippen LogP contribution in [0.15, 0.2) is 16.5 Å². The number of nitrogens with one attached hydrogen (secondary N) is 1. The number of hydrogen-bond donors (Lipinski definition) is 1. The second kappa shape index (κ2) is 8.54. The summed E-state index contributed by atoms with van der Waals surface area (Å²) in [6.45, 7) is 13.2. The molecule has 0 aromatic carbocycles. The van der Waals surface area contributed by atoms with Crippen molar-refractivity contribution in [3.8, 4) is 0 Å². The highest BCUT2D eigenvalue weighted by molar-refractivity contribution is 6.31. The molecule has 0 fully saturated rings. The molecular formula is C18H27ClN4O2. The standard InChI is InChI=1S/C18H27ClN4O2/c1-6-22(7-2)10-12(3)20-18(24)16-9-8-15(25-16)11-23-14(5)17(19)13(4)21-23/h8-9,12H,6-7,10-11H2,1-5H3,(H,20,24)/t12-/m0/s1. The maximum atomic E-state index is 12.3. The van der Waals surface area contributed by atoms with Crippen LogP contribution < -0.4 is 5.32 Å². The molecule has 0 radical (unpaired) electrons. The number of carbonyl (C=O) groups is 1. The molecule has 0 aliphatic rings. The number of rotatable bonds is 8. The van der Waals surface area contributed by atoms with Crippen molar-refractivity contribution < 1.29 is 9.21 Å². The number of aryl methyl sites for hydroxylation is 1. The van der Waals surface area contributed by atoms with E-state index in [2.05, 4.69) is 29.2 Å². The van der Waals surface area contributed by atoms with Crippen molar-refractivity contribution in [1.29, 1.82) is 0 Å². The molecular weight excluding hydrogens is 340 g/mol. The van der Waals surface area contributed by atoms with Crippen LogP contribution in [-0.2, 0) is 6.54 Å². The van der Waals surface area contributed by atoms with Gasteiger partial charge in [-0.2, -0.15) is 5.10 Å². The van der Waals surface area contributed by atoms with Gasteiger partial charge in [0.2, 0.25) is 0 Å². The van der Waals surface area contributed by atoms with Crippen LogP contribution in [0.3, 0.4) is 0 Å². The summed E-state index contributed by atoms with van der Waals surface area (Å²) in [5.74, 6) is 0.787. The van der Waals surface area contributed by atoms with E-state index < -0.39 is 0 Å². The van der Waals surface area contributed by atoms with Crippen molar-refractivity contribution in [2.45, 2.75) is 47.2 Å². The fourth-order valence-electron chi connectivity index (χ4n) is 2.77. The molecule has 6 nitrogen and oxygen atoms in total. The summed E-state index contributed by atoms with van der Waals surface area (Å²) in [4.78, 5) is 14.6. The van der Waals surface area contributed by atoms with E-state index in [0.29, 0.717) is 23.1 Å². The molecule has 138 valence electrons. The molecule has 1 atom stereocenters. The van der Waals surface area contributed by atoms with Crippen LogP contribution >= 0.6 is 11.6 Å². The predicted octanol–water partition coefficient (Wildman–Crippen LogP) is 3.25. The number of furan rings is 1. The average Bonchev–Trinajstić information content (AvgIpc) is 3.14. The Morgan fingerprint density at radius 3 is 2.60 bits per heavy atom. The molecule has 1 amide bonds. The third kappa shape index (κ3) is 4.86. The first-order valence-corrected chi connectivity index (χ1v) is 9.04. The zero-order chi connectivity index (χ0) is 18.6. The number of carbonyl (C=O) groups excluding carboxylic acids is 1. The molecule has 0 unspecified atom stereocenters. The highest BCUT2D eigenvalue weighted by atomic mass is 35.5. The van der Waals surface area contributed by atoms with Crippen molar-refractivity contribution in [3.63, 3.8) is 0 Å². The summed E-state index contributed by atoms with van der Waals surface area (Å²) >= 11 is 6.16. The lowest BCUT2D eigenvalue weighted by Crippen LogP contribution is -2.41. The summed E-state index contributed by atoms with van der Waals surface area (Å²) in [6.07, 6.45) is 0. The zero-order valence-electron chi connectivity index (χ0n) is 15.6. The van der Waals surface area contributed by atoms with E-state index >= 15 is 0 Å². The van der Waals surface area contributed by atoms with Crippen LogP contribution in [0.5, 0.6) is 0 Å². The Morgan fingerprint density at radius 1 is 1.36 bits per heavy atom. The Balaban J connectivity index is 1.98. The zero-order valence-corrected chi connectivity index (χ0v) is 16.4. The molecule has 0 spiro atoms. The molecule has 2 aromatic rings. The van der Waals surface area contributed by atoms with Gasteiger partial charge in [0, 0.05) is 12.6 Å². The van der Waals surface area contributed by atoms with Crippen LogP contribution in [-0.4, -0.2) is 46.3 Å². The molecule has 2 aromatic heterocycles. The van der Waals surface area contributed by atoms with Gasteiger partial charge >= 0.3 is 0 Å². The minimum Gasteiger partial charge on any atom is -0.454 e. The fourth-order valence-corrected chi connectivity index (χ4v) is 2.91. The van der Waals surface area contributed by atoms with E-state index in [1.165, 1.54) is 0 Å². The van der Waals surface area contributed by atoms with Gasteiger partial charge in [0.15, 0.2) is 5.76 Å². The highest BCUT2D eigenvalue weighted by Crippen LogP contribution is 2.20. The average molecular weight is 367 g/mol. The highest BCUT2D eigenvalue weighted by Gasteiger charge is 2.16. The Kier molecular flexibility index (Phi) is 6.67. The summed E-state index contributed by atoms with van der Waals surface area (Å²) in [6, 6.07) is 3.55. The van der Waals surface area contributed by atoms with Crippen molar-refractivity contribution in [3.05, 3.63) is 40.1 Å². The first kappa shape index (κ1) is 19.5. The normalized spacial score (nSPS) is 12.6. The van der Waals surface area contributed by atoms with E-state index in [1.807, 2.05) is 20.8 Å². The summed E-state index contributed by atoms with van der Waals surface area (Å²) < 4.78 is 7.46. The van der Waals surface area contributed by atoms with E-state index in [4.69, 9.17) is 16.0 Å². The summed E-state index contributed by atoms with van der Waals surface area (Å²) in [5.41, 5.74) is 1.67. The van der Waals surface area contributed by atoms with Crippen LogP contribution in [0.2, 0.25) is 5.02 Å². The van der Waals surface area contributed by atoms with Gasteiger partial charge < -0.3 is 14.6 Å². The smallest absolute Gasteiger partial charge is 0.287 e. The minimum absolute atomic E-state index is 0.0516.